The molecule has 4 heterocycles. The van der Waals surface area contributed by atoms with Crippen LogP contribution in [0.2, 0.25) is 5.04 Å². The molecule has 1 amide bonds. The number of sulfonamides is 1. The molecule has 300 valence electrons. The molecule has 55 heavy (non-hydrogen) atoms. The van der Waals surface area contributed by atoms with E-state index in [2.05, 4.69) is 58.9 Å². The second kappa shape index (κ2) is 13.4. The van der Waals surface area contributed by atoms with Gasteiger partial charge in [0.05, 0.1) is 25.0 Å². The topological polar surface area (TPSA) is 130 Å². The molecular formula is C41H56N2O10SSi. The molecule has 2 bridgehead atoms. The minimum Gasteiger partial charge on any atom is -0.465 e. The Hall–Kier alpha value is -2.69. The van der Waals surface area contributed by atoms with Gasteiger partial charge >= 0.3 is 5.97 Å². The number of ether oxygens (including phenoxy) is 4. The number of hydroxylamine groups is 2. The van der Waals surface area contributed by atoms with Crippen LogP contribution in [-0.4, -0.2) is 105 Å². The SMILES string of the molecule is CCOC(=O)[C@H]1C[C@H](C(=O)N2[C@@H]3C[C@H]4CC[C@]3(CS2(=O)=O)C4(C)C)ON1[C@@H]1O[C@H](CO[Si](c2ccccc2)(c2ccccc2)C(C)(C)C)[C@H]2OC(C)(C)O[C@H]21. The lowest BCUT2D eigenvalue weighted by Gasteiger charge is -2.43. The normalized spacial score (nSPS) is 35.9. The molecule has 12 nitrogen and oxygen atoms in total. The van der Waals surface area contributed by atoms with Crippen molar-refractivity contribution in [3.05, 3.63) is 60.7 Å². The van der Waals surface area contributed by atoms with Gasteiger partial charge in [0, 0.05) is 11.8 Å². The molecule has 0 N–H and O–H groups in total. The number of hydrogen-bond donors (Lipinski definition) is 0. The van der Waals surface area contributed by atoms with Gasteiger partial charge in [-0.05, 0) is 66.8 Å². The third-order valence-electron chi connectivity index (χ3n) is 13.7. The van der Waals surface area contributed by atoms with Gasteiger partial charge in [-0.15, -0.1) is 5.06 Å². The summed E-state index contributed by atoms with van der Waals surface area (Å²) in [6.45, 7) is 16.5. The van der Waals surface area contributed by atoms with Crippen LogP contribution in [0.5, 0.6) is 0 Å². The van der Waals surface area contributed by atoms with Gasteiger partial charge in [-0.25, -0.2) is 12.7 Å². The van der Waals surface area contributed by atoms with Crippen molar-refractivity contribution in [2.24, 2.45) is 16.7 Å². The predicted octanol–water partition coefficient (Wildman–Crippen LogP) is 4.11. The summed E-state index contributed by atoms with van der Waals surface area (Å²) in [4.78, 5) is 34.5. The third-order valence-corrected chi connectivity index (χ3v) is 20.6. The number of hydrogen-bond acceptors (Lipinski definition) is 11. The van der Waals surface area contributed by atoms with E-state index < -0.39 is 84.1 Å². The minimum atomic E-state index is -3.92. The molecule has 0 unspecified atom stereocenters. The van der Waals surface area contributed by atoms with E-state index in [1.807, 2.05) is 50.2 Å². The van der Waals surface area contributed by atoms with Crippen molar-refractivity contribution in [2.45, 2.75) is 135 Å². The molecule has 2 aromatic carbocycles. The highest BCUT2D eigenvalue weighted by molar-refractivity contribution is 7.90. The zero-order chi connectivity index (χ0) is 39.3. The maximum Gasteiger partial charge on any atom is 0.325 e. The van der Waals surface area contributed by atoms with Crippen LogP contribution >= 0.6 is 0 Å². The van der Waals surface area contributed by atoms with E-state index in [1.165, 1.54) is 5.06 Å². The Kier molecular flexibility index (Phi) is 9.56. The highest BCUT2D eigenvalue weighted by atomic mass is 32.2. The molecular weight excluding hydrogens is 741 g/mol. The van der Waals surface area contributed by atoms with E-state index in [1.54, 1.807) is 6.92 Å². The fourth-order valence-corrected chi connectivity index (χ4v) is 18.2. The Bertz CT molecular complexity index is 1870. The summed E-state index contributed by atoms with van der Waals surface area (Å²) >= 11 is 0. The summed E-state index contributed by atoms with van der Waals surface area (Å²) < 4.78 is 61.4. The quantitative estimate of drug-likeness (QED) is 0.269. The number of rotatable bonds is 9. The van der Waals surface area contributed by atoms with Crippen LogP contribution in [0.15, 0.2) is 60.7 Å². The van der Waals surface area contributed by atoms with Crippen LogP contribution in [0.4, 0.5) is 0 Å². The number of amides is 1. The van der Waals surface area contributed by atoms with Gasteiger partial charge < -0.3 is 23.4 Å². The van der Waals surface area contributed by atoms with Crippen LogP contribution in [0, 0.1) is 16.7 Å². The van der Waals surface area contributed by atoms with Crippen molar-refractivity contribution < 1.29 is 46.2 Å². The lowest BCUT2D eigenvalue weighted by atomic mass is 9.69. The van der Waals surface area contributed by atoms with Crippen molar-refractivity contribution >= 4 is 40.6 Å². The van der Waals surface area contributed by atoms with E-state index in [0.717, 1.165) is 27.5 Å². The fourth-order valence-electron chi connectivity index (χ4n) is 11.1. The lowest BCUT2D eigenvalue weighted by molar-refractivity contribution is -0.284. The minimum absolute atomic E-state index is 0.0551. The summed E-state index contributed by atoms with van der Waals surface area (Å²) in [5.74, 6) is -1.95. The lowest BCUT2D eigenvalue weighted by Crippen LogP contribution is -2.67. The predicted molar refractivity (Wildman–Crippen MR) is 206 cm³/mol. The molecule has 2 aromatic rings. The van der Waals surface area contributed by atoms with Crippen molar-refractivity contribution in [3.63, 3.8) is 0 Å². The molecule has 2 saturated carbocycles. The van der Waals surface area contributed by atoms with E-state index in [4.69, 9.17) is 28.2 Å². The number of carbonyl (C=O) groups is 2. The van der Waals surface area contributed by atoms with Crippen molar-refractivity contribution in [2.75, 3.05) is 19.0 Å². The summed E-state index contributed by atoms with van der Waals surface area (Å²) in [5.41, 5.74) is -0.702. The maximum atomic E-state index is 14.5. The Labute approximate surface area is 326 Å². The van der Waals surface area contributed by atoms with Gasteiger partial charge in [-0.1, -0.05) is 95.3 Å². The molecule has 0 radical (unpaired) electrons. The first-order valence-corrected chi connectivity index (χ1v) is 23.3. The van der Waals surface area contributed by atoms with Gasteiger partial charge in [-0.3, -0.25) is 14.4 Å². The van der Waals surface area contributed by atoms with Gasteiger partial charge in [0.25, 0.3) is 14.2 Å². The van der Waals surface area contributed by atoms with Crippen LogP contribution < -0.4 is 10.4 Å². The molecule has 1 spiro atoms. The van der Waals surface area contributed by atoms with Crippen LogP contribution in [0.25, 0.3) is 0 Å². The smallest absolute Gasteiger partial charge is 0.325 e. The van der Waals surface area contributed by atoms with Gasteiger partial charge in [0.2, 0.25) is 10.0 Å². The second-order valence-corrected chi connectivity index (χ2v) is 24.5. The number of nitrogens with zero attached hydrogens (tertiary/aromatic N) is 2. The molecule has 4 saturated heterocycles. The maximum absolute atomic E-state index is 14.5. The number of esters is 1. The van der Waals surface area contributed by atoms with E-state index in [-0.39, 0.29) is 35.8 Å². The molecule has 4 aliphatic heterocycles. The highest BCUT2D eigenvalue weighted by Crippen LogP contribution is 2.70. The average Bonchev–Trinajstić information content (AvgIpc) is 3.92. The first kappa shape index (κ1) is 39.1. The average molecular weight is 797 g/mol. The number of benzene rings is 2. The van der Waals surface area contributed by atoms with Crippen molar-refractivity contribution in [3.8, 4) is 0 Å². The molecule has 6 aliphatic rings. The molecule has 0 aromatic heterocycles. The largest absolute Gasteiger partial charge is 0.465 e. The Morgan fingerprint density at radius 2 is 1.55 bits per heavy atom. The van der Waals surface area contributed by atoms with E-state index in [0.29, 0.717) is 12.3 Å². The van der Waals surface area contributed by atoms with Crippen LogP contribution in [-0.2, 0) is 47.8 Å². The fraction of sp³-hybridized carbons (Fsp3) is 0.659. The number of fused-ring (bicyclic) bond motifs is 2. The van der Waals surface area contributed by atoms with Crippen LogP contribution in [0.1, 0.15) is 81.1 Å². The Balaban J connectivity index is 1.10. The standard InChI is InChI=1S/C41H56N2O10SSi/c1-9-48-37(45)29-23-30(35(44)43-32-22-26-20-21-41(32,39(26,5)6)25-54(43,46)47)53-42(29)36-34-33(51-40(7,8)52-34)31(50-36)24-49-55(38(2,3)4,27-16-12-10-13-17-27)28-18-14-11-15-19-28/h10-19,26,29-34,36H,9,20-25H2,1-8H3/t26-,29-,30-,31-,32-,33-,34-,36-,41-/m1/s1. The molecule has 6 fully saturated rings. The Morgan fingerprint density at radius 3 is 2.13 bits per heavy atom. The first-order chi connectivity index (χ1) is 25.9. The van der Waals surface area contributed by atoms with Gasteiger partial charge in [0.1, 0.15) is 24.4 Å². The highest BCUT2D eigenvalue weighted by Gasteiger charge is 2.73. The van der Waals surface area contributed by atoms with E-state index >= 15 is 0 Å². The zero-order valence-corrected chi connectivity index (χ0v) is 35.0. The van der Waals surface area contributed by atoms with Gasteiger partial charge in [-0.2, -0.15) is 0 Å². The van der Waals surface area contributed by atoms with Gasteiger partial charge in [0.15, 0.2) is 18.1 Å². The van der Waals surface area contributed by atoms with Crippen LogP contribution in [0.3, 0.4) is 0 Å². The summed E-state index contributed by atoms with van der Waals surface area (Å²) in [6.07, 6.45) is -1.94. The molecule has 8 rings (SSSR count). The molecule has 2 aliphatic carbocycles. The molecule has 9 atom stereocenters. The zero-order valence-electron chi connectivity index (χ0n) is 33.2. The monoisotopic (exact) mass is 796 g/mol. The summed E-state index contributed by atoms with van der Waals surface area (Å²) in [5, 5.41) is 3.32. The van der Waals surface area contributed by atoms with E-state index in [9.17, 15) is 18.0 Å². The summed E-state index contributed by atoms with van der Waals surface area (Å²) in [6, 6.07) is 19.2. The van der Waals surface area contributed by atoms with Crippen molar-refractivity contribution in [1.29, 1.82) is 0 Å². The summed E-state index contributed by atoms with van der Waals surface area (Å²) in [7, 11) is -6.90. The number of carbonyl (C=O) groups excluding carboxylic acids is 2. The van der Waals surface area contributed by atoms with Crippen molar-refractivity contribution in [1.82, 2.24) is 9.37 Å². The molecule has 14 heteroatoms. The first-order valence-electron chi connectivity index (χ1n) is 19.8. The second-order valence-electron chi connectivity index (χ2n) is 18.3. The third kappa shape index (κ3) is 5.99. The Morgan fingerprint density at radius 1 is 0.927 bits per heavy atom.